The van der Waals surface area contributed by atoms with E-state index in [9.17, 15) is 19.8 Å². The van der Waals surface area contributed by atoms with Gasteiger partial charge in [-0.25, -0.2) is 0 Å². The summed E-state index contributed by atoms with van der Waals surface area (Å²) >= 11 is 5.76. The molecule has 1 aromatic rings. The molecule has 22 heavy (non-hydrogen) atoms. The number of hydrogen-bond acceptors (Lipinski definition) is 4. The van der Waals surface area contributed by atoms with E-state index in [-0.39, 0.29) is 24.1 Å². The standard InChI is InChI=1S/C15H21ClN2O4/c1-2-4-15(9-19)8-18(5-3-12(15)20)14(22)10-6-11(16)13(21)17-7-10/h6-7,12,19-20H,2-5,8-9H2,1H3,(H,17,21)/t12-,15+/m0/s1. The predicted molar refractivity (Wildman–Crippen MR) is 83.0 cm³/mol. The first-order valence-corrected chi connectivity index (χ1v) is 7.78. The fraction of sp³-hybridized carbons (Fsp3) is 0.600. The first-order chi connectivity index (χ1) is 10.4. The van der Waals surface area contributed by atoms with Gasteiger partial charge in [0.25, 0.3) is 11.5 Å². The highest BCUT2D eigenvalue weighted by Crippen LogP contribution is 2.35. The highest BCUT2D eigenvalue weighted by Gasteiger charge is 2.43. The van der Waals surface area contributed by atoms with Crippen LogP contribution in [-0.4, -0.2) is 51.8 Å². The third kappa shape index (κ3) is 3.19. The first-order valence-electron chi connectivity index (χ1n) is 7.40. The Kier molecular flexibility index (Phi) is 5.26. The molecule has 0 unspecified atom stereocenters. The van der Waals surface area contributed by atoms with Crippen molar-refractivity contribution in [2.45, 2.75) is 32.3 Å². The van der Waals surface area contributed by atoms with Crippen LogP contribution in [0.1, 0.15) is 36.5 Å². The number of halogens is 1. The minimum atomic E-state index is -0.686. The van der Waals surface area contributed by atoms with Crippen molar-refractivity contribution in [2.24, 2.45) is 5.41 Å². The number of nitrogens with zero attached hydrogens (tertiary/aromatic N) is 1. The summed E-state index contributed by atoms with van der Waals surface area (Å²) in [6.45, 7) is 2.50. The van der Waals surface area contributed by atoms with Crippen LogP contribution in [-0.2, 0) is 0 Å². The normalized spacial score (nSPS) is 25.3. The van der Waals surface area contributed by atoms with E-state index in [0.29, 0.717) is 24.9 Å². The average molecular weight is 329 g/mol. The number of H-pyrrole nitrogens is 1. The third-order valence-corrected chi connectivity index (χ3v) is 4.62. The molecule has 1 aromatic heterocycles. The second-order valence-electron chi connectivity index (χ2n) is 5.87. The summed E-state index contributed by atoms with van der Waals surface area (Å²) in [6, 6.07) is 1.34. The summed E-state index contributed by atoms with van der Waals surface area (Å²) in [4.78, 5) is 27.9. The Bertz CT molecular complexity index is 603. The van der Waals surface area contributed by atoms with Gasteiger partial charge >= 0.3 is 0 Å². The molecule has 0 bridgehead atoms. The highest BCUT2D eigenvalue weighted by molar-refractivity contribution is 6.30. The van der Waals surface area contributed by atoms with Gasteiger partial charge in [0.15, 0.2) is 0 Å². The van der Waals surface area contributed by atoms with Crippen molar-refractivity contribution in [3.8, 4) is 0 Å². The molecule has 1 aliphatic heterocycles. The van der Waals surface area contributed by atoms with Crippen LogP contribution in [0, 0.1) is 5.41 Å². The molecule has 6 nitrogen and oxygen atoms in total. The van der Waals surface area contributed by atoms with Crippen LogP contribution in [0.25, 0.3) is 0 Å². The van der Waals surface area contributed by atoms with Crippen molar-refractivity contribution in [1.82, 2.24) is 9.88 Å². The number of nitrogens with one attached hydrogen (secondary N) is 1. The van der Waals surface area contributed by atoms with Gasteiger partial charge in [-0.05, 0) is 18.9 Å². The van der Waals surface area contributed by atoms with Gasteiger partial charge in [0.05, 0.1) is 18.3 Å². The van der Waals surface area contributed by atoms with Crippen LogP contribution in [0.15, 0.2) is 17.1 Å². The fourth-order valence-electron chi connectivity index (χ4n) is 3.06. The molecule has 3 N–H and O–H groups in total. The number of piperidine rings is 1. The number of aliphatic hydroxyl groups is 2. The topological polar surface area (TPSA) is 93.6 Å². The van der Waals surface area contributed by atoms with Crippen molar-refractivity contribution in [3.63, 3.8) is 0 Å². The lowest BCUT2D eigenvalue weighted by molar-refractivity contribution is -0.0720. The minimum absolute atomic E-state index is 0.0372. The van der Waals surface area contributed by atoms with E-state index in [2.05, 4.69) is 4.98 Å². The molecular weight excluding hydrogens is 308 g/mol. The van der Waals surface area contributed by atoms with Gasteiger partial charge < -0.3 is 20.1 Å². The van der Waals surface area contributed by atoms with E-state index < -0.39 is 17.1 Å². The molecule has 1 aliphatic rings. The average Bonchev–Trinajstić information content (AvgIpc) is 2.51. The van der Waals surface area contributed by atoms with Crippen molar-refractivity contribution in [3.05, 3.63) is 33.2 Å². The van der Waals surface area contributed by atoms with E-state index in [1.165, 1.54) is 12.3 Å². The van der Waals surface area contributed by atoms with E-state index in [0.717, 1.165) is 6.42 Å². The van der Waals surface area contributed by atoms with Gasteiger partial charge in [0, 0.05) is 24.7 Å². The molecule has 2 heterocycles. The Labute approximate surface area is 133 Å². The van der Waals surface area contributed by atoms with Gasteiger partial charge in [0.2, 0.25) is 0 Å². The van der Waals surface area contributed by atoms with Crippen molar-refractivity contribution in [1.29, 1.82) is 0 Å². The third-order valence-electron chi connectivity index (χ3n) is 4.34. The molecule has 0 radical (unpaired) electrons. The smallest absolute Gasteiger partial charge is 0.266 e. The molecule has 122 valence electrons. The number of hydrogen-bond donors (Lipinski definition) is 3. The Balaban J connectivity index is 2.23. The van der Waals surface area contributed by atoms with E-state index in [1.54, 1.807) is 4.90 Å². The zero-order valence-electron chi connectivity index (χ0n) is 12.5. The monoisotopic (exact) mass is 328 g/mol. The molecule has 2 atom stereocenters. The van der Waals surface area contributed by atoms with E-state index >= 15 is 0 Å². The van der Waals surface area contributed by atoms with Crippen molar-refractivity contribution in [2.75, 3.05) is 19.7 Å². The van der Waals surface area contributed by atoms with E-state index in [1.807, 2.05) is 6.92 Å². The molecular formula is C15H21ClN2O4. The van der Waals surface area contributed by atoms with Gasteiger partial charge in [-0.3, -0.25) is 9.59 Å². The number of carbonyl (C=O) groups excluding carboxylic acids is 1. The zero-order valence-corrected chi connectivity index (χ0v) is 13.3. The second kappa shape index (κ2) is 6.81. The lowest BCUT2D eigenvalue weighted by Gasteiger charge is -2.45. The SMILES string of the molecule is CCC[C@]1(CO)CN(C(=O)c2c[nH]c(=O)c(Cl)c2)CC[C@@H]1O. The van der Waals surface area contributed by atoms with Gasteiger partial charge in [0.1, 0.15) is 5.02 Å². The second-order valence-corrected chi connectivity index (χ2v) is 6.27. The molecule has 1 fully saturated rings. The van der Waals surface area contributed by atoms with Crippen LogP contribution < -0.4 is 5.56 Å². The van der Waals surface area contributed by atoms with Crippen LogP contribution in [0.2, 0.25) is 5.02 Å². The summed E-state index contributed by atoms with van der Waals surface area (Å²) in [5.74, 6) is -0.265. The Morgan fingerprint density at radius 2 is 2.32 bits per heavy atom. The minimum Gasteiger partial charge on any atom is -0.396 e. The van der Waals surface area contributed by atoms with Crippen molar-refractivity contribution >= 4 is 17.5 Å². The number of aromatic amines is 1. The lowest BCUT2D eigenvalue weighted by Crippen LogP contribution is -2.55. The summed E-state index contributed by atoms with van der Waals surface area (Å²) in [7, 11) is 0. The molecule has 2 rings (SSSR count). The highest BCUT2D eigenvalue weighted by atomic mass is 35.5. The van der Waals surface area contributed by atoms with Gasteiger partial charge in [-0.15, -0.1) is 0 Å². The van der Waals surface area contributed by atoms with Gasteiger partial charge in [-0.2, -0.15) is 0 Å². The first kappa shape index (κ1) is 17.0. The van der Waals surface area contributed by atoms with E-state index in [4.69, 9.17) is 11.6 Å². The molecule has 0 aliphatic carbocycles. The van der Waals surface area contributed by atoms with Crippen LogP contribution >= 0.6 is 11.6 Å². The fourth-order valence-corrected chi connectivity index (χ4v) is 3.23. The Morgan fingerprint density at radius 3 is 2.91 bits per heavy atom. The van der Waals surface area contributed by atoms with Crippen molar-refractivity contribution < 1.29 is 15.0 Å². The summed E-state index contributed by atoms with van der Waals surface area (Å²) < 4.78 is 0. The predicted octanol–water partition coefficient (Wildman–Crippen LogP) is 1.01. The molecule has 1 saturated heterocycles. The number of aromatic nitrogens is 1. The quantitative estimate of drug-likeness (QED) is 0.769. The number of pyridine rings is 1. The molecule has 7 heteroatoms. The lowest BCUT2D eigenvalue weighted by atomic mass is 9.74. The van der Waals surface area contributed by atoms with Gasteiger partial charge in [-0.1, -0.05) is 24.9 Å². The maximum absolute atomic E-state index is 12.6. The largest absolute Gasteiger partial charge is 0.396 e. The number of aliphatic hydroxyl groups excluding tert-OH is 2. The maximum atomic E-state index is 12.6. The Morgan fingerprint density at radius 1 is 1.59 bits per heavy atom. The number of likely N-dealkylation sites (tertiary alicyclic amines) is 1. The summed E-state index contributed by atoms with van der Waals surface area (Å²) in [6.07, 6.45) is 2.58. The number of rotatable bonds is 4. The number of carbonyl (C=O) groups is 1. The number of amides is 1. The summed E-state index contributed by atoms with van der Waals surface area (Å²) in [5, 5.41) is 19.9. The maximum Gasteiger partial charge on any atom is 0.266 e. The van der Waals surface area contributed by atoms with Crippen LogP contribution in [0.5, 0.6) is 0 Å². The van der Waals surface area contributed by atoms with Crippen LogP contribution in [0.3, 0.4) is 0 Å². The molecule has 1 amide bonds. The zero-order chi connectivity index (χ0) is 16.3. The molecule has 0 saturated carbocycles. The molecule has 0 spiro atoms. The Hall–Kier alpha value is -1.37. The molecule has 0 aromatic carbocycles. The summed E-state index contributed by atoms with van der Waals surface area (Å²) in [5.41, 5.74) is -0.832. The van der Waals surface area contributed by atoms with Crippen LogP contribution in [0.4, 0.5) is 0 Å².